The number of fused-ring (bicyclic) bond motifs is 1. The van der Waals surface area contributed by atoms with Gasteiger partial charge in [0, 0.05) is 11.1 Å². The minimum absolute atomic E-state index is 0.166. The number of amides is 1. The van der Waals surface area contributed by atoms with E-state index in [1.165, 1.54) is 12.1 Å². The number of carboxylic acid groups (broad SMARTS) is 1. The van der Waals surface area contributed by atoms with Crippen LogP contribution in [0.4, 0.5) is 8.78 Å². The summed E-state index contributed by atoms with van der Waals surface area (Å²) >= 11 is 0. The number of halogens is 2. The molecule has 1 amide bonds. The molecule has 0 aliphatic carbocycles. The van der Waals surface area contributed by atoms with Gasteiger partial charge in [0.15, 0.2) is 6.04 Å². The van der Waals surface area contributed by atoms with Crippen LogP contribution in [-0.4, -0.2) is 27.0 Å². The second-order valence-electron chi connectivity index (χ2n) is 5.46. The molecule has 1 atom stereocenters. The molecule has 2 aromatic carbocycles. The highest BCUT2D eigenvalue weighted by Gasteiger charge is 2.26. The van der Waals surface area contributed by atoms with E-state index in [1.54, 1.807) is 13.0 Å². The largest absolute Gasteiger partial charge is 0.479 e. The molecule has 0 aliphatic heterocycles. The van der Waals surface area contributed by atoms with Crippen molar-refractivity contribution in [1.29, 1.82) is 0 Å². The first-order valence-corrected chi connectivity index (χ1v) is 7.30. The summed E-state index contributed by atoms with van der Waals surface area (Å²) in [6, 6.07) is 5.29. The van der Waals surface area contributed by atoms with Gasteiger partial charge in [0.1, 0.15) is 17.5 Å². The molecule has 0 spiro atoms. The summed E-state index contributed by atoms with van der Waals surface area (Å²) in [6.07, 6.45) is 0. The van der Waals surface area contributed by atoms with E-state index in [0.29, 0.717) is 16.9 Å². The SMILES string of the molecule is Cc1nc2ccc(C(=O)NC(C(=O)O)c3cc(F)ccc3F)cc2[nH]1. The Morgan fingerprint density at radius 3 is 2.68 bits per heavy atom. The average molecular weight is 345 g/mol. The molecular weight excluding hydrogens is 332 g/mol. The molecule has 0 saturated carbocycles. The fourth-order valence-electron chi connectivity index (χ4n) is 2.50. The van der Waals surface area contributed by atoms with Crippen LogP contribution in [-0.2, 0) is 4.79 Å². The number of aryl methyl sites for hydroxylation is 1. The highest BCUT2D eigenvalue weighted by Crippen LogP contribution is 2.20. The van der Waals surface area contributed by atoms with E-state index < -0.39 is 35.1 Å². The van der Waals surface area contributed by atoms with Crippen molar-refractivity contribution in [3.8, 4) is 0 Å². The molecule has 8 heteroatoms. The van der Waals surface area contributed by atoms with Crippen LogP contribution in [0.15, 0.2) is 36.4 Å². The maximum atomic E-state index is 13.8. The molecule has 3 rings (SSSR count). The maximum absolute atomic E-state index is 13.8. The van der Waals surface area contributed by atoms with Crippen LogP contribution in [0.3, 0.4) is 0 Å². The first-order valence-electron chi connectivity index (χ1n) is 7.30. The number of aromatic nitrogens is 2. The molecule has 1 heterocycles. The Balaban J connectivity index is 1.92. The zero-order valence-electron chi connectivity index (χ0n) is 13.0. The van der Waals surface area contributed by atoms with Gasteiger partial charge in [-0.25, -0.2) is 18.6 Å². The summed E-state index contributed by atoms with van der Waals surface area (Å²) in [5.74, 6) is -3.29. The van der Waals surface area contributed by atoms with Gasteiger partial charge in [-0.05, 0) is 43.3 Å². The molecule has 1 unspecified atom stereocenters. The average Bonchev–Trinajstić information content (AvgIpc) is 2.93. The van der Waals surface area contributed by atoms with E-state index in [0.717, 1.165) is 18.2 Å². The standard InChI is InChI=1S/C17H13F2N3O3/c1-8-20-13-5-2-9(6-14(13)21-8)16(23)22-15(17(24)25)11-7-10(18)3-4-12(11)19/h2-7,15H,1H3,(H,20,21)(H,22,23)(H,24,25). The van der Waals surface area contributed by atoms with Gasteiger partial charge in [-0.2, -0.15) is 0 Å². The lowest BCUT2D eigenvalue weighted by Crippen LogP contribution is -2.34. The molecular formula is C17H13F2N3O3. The number of hydrogen-bond acceptors (Lipinski definition) is 3. The zero-order valence-corrected chi connectivity index (χ0v) is 13.0. The van der Waals surface area contributed by atoms with Crippen molar-refractivity contribution in [1.82, 2.24) is 15.3 Å². The van der Waals surface area contributed by atoms with Gasteiger partial charge in [0.25, 0.3) is 5.91 Å². The van der Waals surface area contributed by atoms with Crippen LogP contribution in [0.2, 0.25) is 0 Å². The summed E-state index contributed by atoms with van der Waals surface area (Å²) in [5, 5.41) is 11.5. The normalized spacial score (nSPS) is 12.1. The summed E-state index contributed by atoms with van der Waals surface area (Å²) < 4.78 is 27.2. The van der Waals surface area contributed by atoms with Crippen LogP contribution in [0.1, 0.15) is 27.8 Å². The highest BCUT2D eigenvalue weighted by molar-refractivity contribution is 5.99. The quantitative estimate of drug-likeness (QED) is 0.677. The number of hydrogen-bond donors (Lipinski definition) is 3. The Morgan fingerprint density at radius 2 is 1.96 bits per heavy atom. The van der Waals surface area contributed by atoms with Crippen LogP contribution in [0.25, 0.3) is 11.0 Å². The Morgan fingerprint density at radius 1 is 1.20 bits per heavy atom. The molecule has 6 nitrogen and oxygen atoms in total. The van der Waals surface area contributed by atoms with Crippen molar-refractivity contribution in [3.63, 3.8) is 0 Å². The van der Waals surface area contributed by atoms with E-state index in [4.69, 9.17) is 0 Å². The number of carbonyl (C=O) groups is 2. The fraction of sp³-hybridized carbons (Fsp3) is 0.118. The van der Waals surface area contributed by atoms with Gasteiger partial charge >= 0.3 is 5.97 Å². The first-order chi connectivity index (χ1) is 11.8. The molecule has 128 valence electrons. The van der Waals surface area contributed by atoms with Crippen LogP contribution < -0.4 is 5.32 Å². The molecule has 0 saturated heterocycles. The predicted octanol–water partition coefficient (Wildman–Crippen LogP) is 2.71. The van der Waals surface area contributed by atoms with Gasteiger partial charge in [0.2, 0.25) is 0 Å². The van der Waals surface area contributed by atoms with E-state index >= 15 is 0 Å². The molecule has 0 aliphatic rings. The van der Waals surface area contributed by atoms with Crippen LogP contribution in [0.5, 0.6) is 0 Å². The van der Waals surface area contributed by atoms with E-state index in [9.17, 15) is 23.5 Å². The molecule has 25 heavy (non-hydrogen) atoms. The van der Waals surface area contributed by atoms with Gasteiger partial charge in [-0.1, -0.05) is 0 Å². The summed E-state index contributed by atoms with van der Waals surface area (Å²) in [6.45, 7) is 1.76. The number of nitrogens with zero attached hydrogens (tertiary/aromatic N) is 1. The number of rotatable bonds is 4. The number of H-pyrrole nitrogens is 1. The second kappa shape index (κ2) is 6.31. The molecule has 3 N–H and O–H groups in total. The molecule has 3 aromatic rings. The number of aliphatic carboxylic acids is 1. The number of nitrogens with one attached hydrogen (secondary N) is 2. The van der Waals surface area contributed by atoms with Crippen molar-refractivity contribution in [2.75, 3.05) is 0 Å². The lowest BCUT2D eigenvalue weighted by atomic mass is 10.1. The van der Waals surface area contributed by atoms with Crippen molar-refractivity contribution in [2.24, 2.45) is 0 Å². The third-order valence-electron chi connectivity index (χ3n) is 3.65. The smallest absolute Gasteiger partial charge is 0.331 e. The molecule has 0 fully saturated rings. The van der Waals surface area contributed by atoms with Crippen molar-refractivity contribution in [2.45, 2.75) is 13.0 Å². The van der Waals surface area contributed by atoms with Crippen molar-refractivity contribution < 1.29 is 23.5 Å². The monoisotopic (exact) mass is 345 g/mol. The van der Waals surface area contributed by atoms with Crippen molar-refractivity contribution >= 4 is 22.9 Å². The minimum atomic E-state index is -1.72. The fourth-order valence-corrected chi connectivity index (χ4v) is 2.50. The molecule has 0 radical (unpaired) electrons. The van der Waals surface area contributed by atoms with Gasteiger partial charge in [-0.15, -0.1) is 0 Å². The lowest BCUT2D eigenvalue weighted by Gasteiger charge is -2.16. The summed E-state index contributed by atoms with van der Waals surface area (Å²) in [7, 11) is 0. The number of imidazole rings is 1. The molecule has 0 bridgehead atoms. The third-order valence-corrected chi connectivity index (χ3v) is 3.65. The summed E-state index contributed by atoms with van der Waals surface area (Å²) in [5.41, 5.74) is 0.965. The Hall–Kier alpha value is -3.29. The van der Waals surface area contributed by atoms with Crippen molar-refractivity contribution in [3.05, 3.63) is 65.0 Å². The number of carboxylic acids is 1. The number of aromatic amines is 1. The summed E-state index contributed by atoms with van der Waals surface area (Å²) in [4.78, 5) is 30.9. The predicted molar refractivity (Wildman–Crippen MR) is 85.0 cm³/mol. The van der Waals surface area contributed by atoms with E-state index in [2.05, 4.69) is 15.3 Å². The first kappa shape index (κ1) is 16.6. The third kappa shape index (κ3) is 3.32. The Bertz CT molecular complexity index is 984. The number of carbonyl (C=O) groups excluding carboxylic acids is 1. The highest BCUT2D eigenvalue weighted by atomic mass is 19.1. The van der Waals surface area contributed by atoms with Crippen LogP contribution in [0, 0.1) is 18.6 Å². The van der Waals surface area contributed by atoms with Crippen LogP contribution >= 0.6 is 0 Å². The molecule has 1 aromatic heterocycles. The van der Waals surface area contributed by atoms with Gasteiger partial charge in [0.05, 0.1) is 11.0 Å². The van der Waals surface area contributed by atoms with Gasteiger partial charge < -0.3 is 15.4 Å². The van der Waals surface area contributed by atoms with E-state index in [1.807, 2.05) is 0 Å². The van der Waals surface area contributed by atoms with E-state index in [-0.39, 0.29) is 5.56 Å². The lowest BCUT2D eigenvalue weighted by molar-refractivity contribution is -0.139. The second-order valence-corrected chi connectivity index (χ2v) is 5.46. The number of benzene rings is 2. The zero-order chi connectivity index (χ0) is 18.1. The minimum Gasteiger partial charge on any atom is -0.479 e. The Kier molecular flexibility index (Phi) is 4.18. The Labute approximate surface area is 140 Å². The topological polar surface area (TPSA) is 95.1 Å². The maximum Gasteiger partial charge on any atom is 0.331 e. The van der Waals surface area contributed by atoms with Gasteiger partial charge in [-0.3, -0.25) is 4.79 Å².